The van der Waals surface area contributed by atoms with E-state index >= 15 is 0 Å². The van der Waals surface area contributed by atoms with Gasteiger partial charge in [0.25, 0.3) is 0 Å². The van der Waals surface area contributed by atoms with E-state index in [4.69, 9.17) is 9.47 Å². The second kappa shape index (κ2) is 6.30. The number of nitrogens with one attached hydrogen (secondary N) is 1. The van der Waals surface area contributed by atoms with Crippen molar-refractivity contribution in [2.45, 2.75) is 18.6 Å². The molecule has 3 aliphatic rings. The van der Waals surface area contributed by atoms with Crippen LogP contribution in [0.3, 0.4) is 0 Å². The fraction of sp³-hybridized carbons (Fsp3) is 1.00. The molecular weight excluding hydrogens is 230 g/mol. The molecule has 0 bridgehead atoms. The molecule has 2 unspecified atom stereocenters. The third kappa shape index (κ3) is 3.22. The summed E-state index contributed by atoms with van der Waals surface area (Å²) in [7, 11) is 0. The molecule has 3 rings (SSSR count). The molecule has 3 saturated heterocycles. The molecular formula is C13H25N3O2. The Balaban J connectivity index is 1.42. The van der Waals surface area contributed by atoms with Crippen molar-refractivity contribution in [3.8, 4) is 0 Å². The zero-order chi connectivity index (χ0) is 12.2. The van der Waals surface area contributed by atoms with E-state index in [1.807, 2.05) is 0 Å². The van der Waals surface area contributed by atoms with Crippen LogP contribution >= 0.6 is 0 Å². The van der Waals surface area contributed by atoms with E-state index in [-0.39, 0.29) is 0 Å². The highest BCUT2D eigenvalue weighted by Crippen LogP contribution is 2.17. The summed E-state index contributed by atoms with van der Waals surface area (Å²) in [6.45, 7) is 10.4. The largest absolute Gasteiger partial charge is 0.379 e. The fourth-order valence-corrected chi connectivity index (χ4v) is 3.24. The highest BCUT2D eigenvalue weighted by atomic mass is 16.5. The Morgan fingerprint density at radius 3 is 2.78 bits per heavy atom. The van der Waals surface area contributed by atoms with Crippen LogP contribution in [0.5, 0.6) is 0 Å². The number of rotatable bonds is 3. The number of hydrogen-bond acceptors (Lipinski definition) is 5. The third-order valence-electron chi connectivity index (χ3n) is 4.28. The predicted octanol–water partition coefficient (Wildman–Crippen LogP) is -0.619. The van der Waals surface area contributed by atoms with E-state index < -0.39 is 0 Å². The molecule has 5 heteroatoms. The first kappa shape index (κ1) is 12.8. The first-order chi connectivity index (χ1) is 8.92. The molecule has 3 aliphatic heterocycles. The SMILES string of the molecule is C1COC(CN2CCC(N3CCOCC3)C2)CN1. The normalized spacial score (nSPS) is 36.0. The summed E-state index contributed by atoms with van der Waals surface area (Å²) in [5.41, 5.74) is 0. The number of likely N-dealkylation sites (tertiary alicyclic amines) is 1. The van der Waals surface area contributed by atoms with Crippen LogP contribution in [0.25, 0.3) is 0 Å². The zero-order valence-electron chi connectivity index (χ0n) is 11.1. The van der Waals surface area contributed by atoms with Gasteiger partial charge in [0.2, 0.25) is 0 Å². The van der Waals surface area contributed by atoms with E-state index in [0.717, 1.165) is 58.6 Å². The summed E-state index contributed by atoms with van der Waals surface area (Å²) < 4.78 is 11.2. The van der Waals surface area contributed by atoms with Gasteiger partial charge in [-0.2, -0.15) is 0 Å². The van der Waals surface area contributed by atoms with Crippen molar-refractivity contribution in [1.82, 2.24) is 15.1 Å². The Morgan fingerprint density at radius 2 is 2.00 bits per heavy atom. The molecule has 104 valence electrons. The minimum atomic E-state index is 0.391. The second-order valence-electron chi connectivity index (χ2n) is 5.55. The molecule has 0 amide bonds. The quantitative estimate of drug-likeness (QED) is 0.727. The molecule has 0 aliphatic carbocycles. The first-order valence-electron chi connectivity index (χ1n) is 7.28. The van der Waals surface area contributed by atoms with Crippen LogP contribution in [-0.4, -0.2) is 87.6 Å². The molecule has 0 radical (unpaired) electrons. The molecule has 0 saturated carbocycles. The smallest absolute Gasteiger partial charge is 0.0826 e. The van der Waals surface area contributed by atoms with Crippen LogP contribution in [0.2, 0.25) is 0 Å². The van der Waals surface area contributed by atoms with Gasteiger partial charge in [-0.1, -0.05) is 0 Å². The Morgan fingerprint density at radius 1 is 1.11 bits per heavy atom. The highest BCUT2D eigenvalue weighted by Gasteiger charge is 2.30. The van der Waals surface area contributed by atoms with Crippen LogP contribution in [0, 0.1) is 0 Å². The van der Waals surface area contributed by atoms with Crippen molar-refractivity contribution in [3.63, 3.8) is 0 Å². The minimum absolute atomic E-state index is 0.391. The predicted molar refractivity (Wildman–Crippen MR) is 69.8 cm³/mol. The summed E-state index contributed by atoms with van der Waals surface area (Å²) in [5.74, 6) is 0. The fourth-order valence-electron chi connectivity index (χ4n) is 3.24. The van der Waals surface area contributed by atoms with Crippen LogP contribution in [0.4, 0.5) is 0 Å². The number of hydrogen-bond donors (Lipinski definition) is 1. The van der Waals surface area contributed by atoms with Gasteiger partial charge < -0.3 is 14.8 Å². The highest BCUT2D eigenvalue weighted by molar-refractivity contribution is 4.86. The van der Waals surface area contributed by atoms with Crippen molar-refractivity contribution >= 4 is 0 Å². The molecule has 0 aromatic heterocycles. The van der Waals surface area contributed by atoms with Crippen molar-refractivity contribution in [1.29, 1.82) is 0 Å². The van der Waals surface area contributed by atoms with E-state index in [1.54, 1.807) is 0 Å². The van der Waals surface area contributed by atoms with Gasteiger partial charge in [0, 0.05) is 45.3 Å². The molecule has 0 spiro atoms. The van der Waals surface area contributed by atoms with Crippen LogP contribution in [0.15, 0.2) is 0 Å². The molecule has 0 aromatic carbocycles. The number of nitrogens with zero attached hydrogens (tertiary/aromatic N) is 2. The summed E-state index contributed by atoms with van der Waals surface area (Å²) >= 11 is 0. The lowest BCUT2D eigenvalue weighted by atomic mass is 10.2. The maximum absolute atomic E-state index is 5.78. The summed E-state index contributed by atoms with van der Waals surface area (Å²) in [5, 5.41) is 3.40. The Bertz CT molecular complexity index is 253. The molecule has 0 aromatic rings. The van der Waals surface area contributed by atoms with E-state index in [9.17, 15) is 0 Å². The zero-order valence-corrected chi connectivity index (χ0v) is 11.1. The van der Waals surface area contributed by atoms with Crippen LogP contribution < -0.4 is 5.32 Å². The van der Waals surface area contributed by atoms with Gasteiger partial charge in [-0.05, 0) is 13.0 Å². The standard InChI is InChI=1S/C13H25N3O2/c1-3-15(11-13-9-14-2-6-18-13)10-12(1)16-4-7-17-8-5-16/h12-14H,1-11H2. The Kier molecular flexibility index (Phi) is 4.49. The number of ether oxygens (including phenoxy) is 2. The first-order valence-corrected chi connectivity index (χ1v) is 7.28. The summed E-state index contributed by atoms with van der Waals surface area (Å²) in [4.78, 5) is 5.17. The van der Waals surface area contributed by atoms with Crippen LogP contribution in [0.1, 0.15) is 6.42 Å². The van der Waals surface area contributed by atoms with E-state index in [0.29, 0.717) is 6.10 Å². The van der Waals surface area contributed by atoms with Crippen molar-refractivity contribution in [2.75, 3.05) is 65.6 Å². The van der Waals surface area contributed by atoms with Gasteiger partial charge in [0.1, 0.15) is 0 Å². The number of morpholine rings is 2. The van der Waals surface area contributed by atoms with Gasteiger partial charge in [0.15, 0.2) is 0 Å². The second-order valence-corrected chi connectivity index (χ2v) is 5.55. The van der Waals surface area contributed by atoms with Crippen molar-refractivity contribution in [2.24, 2.45) is 0 Å². The molecule has 18 heavy (non-hydrogen) atoms. The van der Waals surface area contributed by atoms with Gasteiger partial charge in [0.05, 0.1) is 25.9 Å². The van der Waals surface area contributed by atoms with Gasteiger partial charge >= 0.3 is 0 Å². The average molecular weight is 255 g/mol. The van der Waals surface area contributed by atoms with Gasteiger partial charge in [-0.25, -0.2) is 0 Å². The lowest BCUT2D eigenvalue weighted by Crippen LogP contribution is -2.47. The molecule has 3 fully saturated rings. The van der Waals surface area contributed by atoms with Gasteiger partial charge in [-0.15, -0.1) is 0 Å². The molecule has 3 heterocycles. The van der Waals surface area contributed by atoms with Crippen molar-refractivity contribution < 1.29 is 9.47 Å². The van der Waals surface area contributed by atoms with E-state index in [2.05, 4.69) is 15.1 Å². The molecule has 5 nitrogen and oxygen atoms in total. The Hall–Kier alpha value is -0.200. The Labute approximate surface area is 109 Å². The lowest BCUT2D eigenvalue weighted by molar-refractivity contribution is 0.00279. The maximum atomic E-state index is 5.78. The van der Waals surface area contributed by atoms with E-state index in [1.165, 1.54) is 19.5 Å². The minimum Gasteiger partial charge on any atom is -0.379 e. The third-order valence-corrected chi connectivity index (χ3v) is 4.28. The topological polar surface area (TPSA) is 37.0 Å². The monoisotopic (exact) mass is 255 g/mol. The molecule has 2 atom stereocenters. The summed E-state index contributed by atoms with van der Waals surface area (Å²) in [6, 6.07) is 0.741. The van der Waals surface area contributed by atoms with Crippen molar-refractivity contribution in [3.05, 3.63) is 0 Å². The summed E-state index contributed by atoms with van der Waals surface area (Å²) in [6.07, 6.45) is 1.70. The lowest BCUT2D eigenvalue weighted by Gasteiger charge is -2.32. The van der Waals surface area contributed by atoms with Crippen LogP contribution in [-0.2, 0) is 9.47 Å². The van der Waals surface area contributed by atoms with Gasteiger partial charge in [-0.3, -0.25) is 9.80 Å². The maximum Gasteiger partial charge on any atom is 0.0826 e. The average Bonchev–Trinajstić information content (AvgIpc) is 2.89. The molecule has 1 N–H and O–H groups in total.